The van der Waals surface area contributed by atoms with Crippen molar-refractivity contribution in [2.24, 2.45) is 0 Å². The van der Waals surface area contributed by atoms with Crippen molar-refractivity contribution in [2.45, 2.75) is 38.3 Å². The summed E-state index contributed by atoms with van der Waals surface area (Å²) in [5.74, 6) is -0.259. The number of benzene rings is 1. The summed E-state index contributed by atoms with van der Waals surface area (Å²) in [6.07, 6.45) is 5.34. The standard InChI is InChI=1S/C22H24FN3O2/c23-18-8-6-16(7-9-18)20-14-17-4-3-11-24-22(17)26(20)15-21(28)25-12-2-1-5-19(25)10-13-27/h3-4,6-9,11,14,19,27H,1-2,5,10,12-13,15H2. The van der Waals surface area contributed by atoms with Crippen molar-refractivity contribution in [2.75, 3.05) is 13.2 Å². The van der Waals surface area contributed by atoms with Crippen molar-refractivity contribution in [3.05, 3.63) is 54.5 Å². The van der Waals surface area contributed by atoms with Gasteiger partial charge in [-0.25, -0.2) is 9.37 Å². The fourth-order valence-electron chi connectivity index (χ4n) is 4.11. The zero-order valence-electron chi connectivity index (χ0n) is 15.7. The average molecular weight is 381 g/mol. The summed E-state index contributed by atoms with van der Waals surface area (Å²) in [4.78, 5) is 19.5. The predicted molar refractivity (Wildman–Crippen MR) is 106 cm³/mol. The molecule has 1 amide bonds. The molecule has 0 bridgehead atoms. The van der Waals surface area contributed by atoms with E-state index >= 15 is 0 Å². The first-order valence-corrected chi connectivity index (χ1v) is 9.78. The third-order valence-corrected chi connectivity index (χ3v) is 5.50. The molecule has 0 spiro atoms. The first-order chi connectivity index (χ1) is 13.7. The number of rotatable bonds is 5. The van der Waals surface area contributed by atoms with Crippen LogP contribution in [0, 0.1) is 5.82 Å². The number of pyridine rings is 1. The lowest BCUT2D eigenvalue weighted by Gasteiger charge is -2.36. The molecule has 28 heavy (non-hydrogen) atoms. The molecule has 5 nitrogen and oxygen atoms in total. The van der Waals surface area contributed by atoms with Gasteiger partial charge < -0.3 is 14.6 Å². The van der Waals surface area contributed by atoms with E-state index in [-0.39, 0.29) is 30.9 Å². The Balaban J connectivity index is 1.70. The van der Waals surface area contributed by atoms with Crippen LogP contribution in [0.25, 0.3) is 22.3 Å². The molecule has 3 aromatic rings. The Morgan fingerprint density at radius 3 is 2.82 bits per heavy atom. The quantitative estimate of drug-likeness (QED) is 0.735. The van der Waals surface area contributed by atoms with Crippen LogP contribution >= 0.6 is 0 Å². The number of hydrogen-bond donors (Lipinski definition) is 1. The van der Waals surface area contributed by atoms with E-state index in [0.29, 0.717) is 6.42 Å². The molecule has 1 saturated heterocycles. The highest BCUT2D eigenvalue weighted by Crippen LogP contribution is 2.28. The molecule has 1 aromatic carbocycles. The summed E-state index contributed by atoms with van der Waals surface area (Å²) in [6.45, 7) is 0.987. The highest BCUT2D eigenvalue weighted by Gasteiger charge is 2.27. The largest absolute Gasteiger partial charge is 0.396 e. The van der Waals surface area contributed by atoms with E-state index in [0.717, 1.165) is 48.1 Å². The van der Waals surface area contributed by atoms with Crippen molar-refractivity contribution in [1.29, 1.82) is 0 Å². The van der Waals surface area contributed by atoms with Gasteiger partial charge in [-0.15, -0.1) is 0 Å². The van der Waals surface area contributed by atoms with Gasteiger partial charge in [0, 0.05) is 30.8 Å². The third kappa shape index (κ3) is 3.64. The fourth-order valence-corrected chi connectivity index (χ4v) is 4.11. The number of fused-ring (bicyclic) bond motifs is 1. The lowest BCUT2D eigenvalue weighted by atomic mass is 9.99. The van der Waals surface area contributed by atoms with E-state index in [1.807, 2.05) is 27.7 Å². The van der Waals surface area contributed by atoms with Crippen LogP contribution in [-0.2, 0) is 11.3 Å². The summed E-state index contributed by atoms with van der Waals surface area (Å²) in [7, 11) is 0. The molecule has 0 saturated carbocycles. The molecular formula is C22H24FN3O2. The Morgan fingerprint density at radius 1 is 1.21 bits per heavy atom. The number of nitrogens with zero attached hydrogens (tertiary/aromatic N) is 3. The molecule has 1 atom stereocenters. The summed E-state index contributed by atoms with van der Waals surface area (Å²) < 4.78 is 15.3. The zero-order chi connectivity index (χ0) is 19.5. The van der Waals surface area contributed by atoms with Crippen LogP contribution < -0.4 is 0 Å². The van der Waals surface area contributed by atoms with Crippen molar-refractivity contribution < 1.29 is 14.3 Å². The minimum Gasteiger partial charge on any atom is -0.396 e. The maximum Gasteiger partial charge on any atom is 0.242 e. The fraction of sp³-hybridized carbons (Fsp3) is 0.364. The Hall–Kier alpha value is -2.73. The molecule has 6 heteroatoms. The second-order valence-electron chi connectivity index (χ2n) is 7.29. The summed E-state index contributed by atoms with van der Waals surface area (Å²) >= 11 is 0. The molecular weight excluding hydrogens is 357 g/mol. The second-order valence-corrected chi connectivity index (χ2v) is 7.29. The van der Waals surface area contributed by atoms with Crippen molar-refractivity contribution in [3.8, 4) is 11.3 Å². The van der Waals surface area contributed by atoms with Crippen LogP contribution in [0.1, 0.15) is 25.7 Å². The van der Waals surface area contributed by atoms with Gasteiger partial charge in [0.15, 0.2) is 0 Å². The van der Waals surface area contributed by atoms with E-state index in [4.69, 9.17) is 0 Å². The maximum absolute atomic E-state index is 13.4. The molecule has 4 rings (SSSR count). The van der Waals surface area contributed by atoms with Gasteiger partial charge in [-0.1, -0.05) is 0 Å². The van der Waals surface area contributed by atoms with E-state index < -0.39 is 0 Å². The van der Waals surface area contributed by atoms with Gasteiger partial charge in [-0.05, 0) is 73.7 Å². The van der Waals surface area contributed by atoms with Crippen LogP contribution in [0.3, 0.4) is 0 Å². The predicted octanol–water partition coefficient (Wildman–Crippen LogP) is 3.61. The number of amides is 1. The van der Waals surface area contributed by atoms with Crippen LogP contribution in [0.15, 0.2) is 48.7 Å². The van der Waals surface area contributed by atoms with Gasteiger partial charge in [-0.3, -0.25) is 4.79 Å². The van der Waals surface area contributed by atoms with Crippen molar-refractivity contribution in [3.63, 3.8) is 0 Å². The van der Waals surface area contributed by atoms with E-state index in [2.05, 4.69) is 4.98 Å². The number of piperidine rings is 1. The SMILES string of the molecule is O=C(Cn1c(-c2ccc(F)cc2)cc2cccnc21)N1CCCCC1CCO. The molecule has 3 heterocycles. The van der Waals surface area contributed by atoms with Gasteiger partial charge in [0.1, 0.15) is 18.0 Å². The first-order valence-electron chi connectivity index (χ1n) is 9.78. The number of aliphatic hydroxyl groups excluding tert-OH is 1. The van der Waals surface area contributed by atoms with E-state index in [1.165, 1.54) is 12.1 Å². The van der Waals surface area contributed by atoms with Gasteiger partial charge in [0.25, 0.3) is 0 Å². The van der Waals surface area contributed by atoms with Crippen LogP contribution in [-0.4, -0.2) is 44.7 Å². The molecule has 146 valence electrons. The molecule has 0 aliphatic carbocycles. The molecule has 1 aliphatic heterocycles. The Kier molecular flexibility index (Phi) is 5.39. The topological polar surface area (TPSA) is 58.4 Å². The second kappa shape index (κ2) is 8.10. The molecule has 1 aliphatic rings. The average Bonchev–Trinajstić information content (AvgIpc) is 3.08. The number of halogens is 1. The number of aliphatic hydroxyl groups is 1. The summed E-state index contributed by atoms with van der Waals surface area (Å²) in [5.41, 5.74) is 2.43. The monoisotopic (exact) mass is 381 g/mol. The third-order valence-electron chi connectivity index (χ3n) is 5.50. The number of carbonyl (C=O) groups is 1. The number of hydrogen-bond acceptors (Lipinski definition) is 3. The minimum absolute atomic E-state index is 0.0321. The van der Waals surface area contributed by atoms with Crippen LogP contribution in [0.4, 0.5) is 4.39 Å². The van der Waals surface area contributed by atoms with Crippen LogP contribution in [0.2, 0.25) is 0 Å². The zero-order valence-corrected chi connectivity index (χ0v) is 15.7. The smallest absolute Gasteiger partial charge is 0.242 e. The Bertz CT molecular complexity index is 966. The van der Waals surface area contributed by atoms with Crippen molar-refractivity contribution >= 4 is 16.9 Å². The Labute approximate surface area is 163 Å². The Morgan fingerprint density at radius 2 is 2.04 bits per heavy atom. The minimum atomic E-state index is -0.291. The maximum atomic E-state index is 13.4. The van der Waals surface area contributed by atoms with E-state index in [9.17, 15) is 14.3 Å². The lowest BCUT2D eigenvalue weighted by molar-refractivity contribution is -0.135. The highest BCUT2D eigenvalue weighted by molar-refractivity contribution is 5.87. The summed E-state index contributed by atoms with van der Waals surface area (Å²) in [5, 5.41) is 10.3. The molecule has 1 unspecified atom stereocenters. The van der Waals surface area contributed by atoms with Gasteiger partial charge in [-0.2, -0.15) is 0 Å². The van der Waals surface area contributed by atoms with Crippen molar-refractivity contribution in [1.82, 2.24) is 14.5 Å². The van der Waals surface area contributed by atoms with Gasteiger partial charge >= 0.3 is 0 Å². The summed E-state index contributed by atoms with van der Waals surface area (Å²) in [6, 6.07) is 12.2. The molecule has 1 N–H and O–H groups in total. The number of aromatic nitrogens is 2. The van der Waals surface area contributed by atoms with Crippen LogP contribution in [0.5, 0.6) is 0 Å². The number of carbonyl (C=O) groups excluding carboxylic acids is 1. The molecule has 1 fully saturated rings. The van der Waals surface area contributed by atoms with E-state index in [1.54, 1.807) is 18.3 Å². The molecule has 2 aromatic heterocycles. The first kappa shape index (κ1) is 18.6. The lowest BCUT2D eigenvalue weighted by Crippen LogP contribution is -2.45. The van der Waals surface area contributed by atoms with Gasteiger partial charge in [0.05, 0.1) is 5.69 Å². The number of likely N-dealkylation sites (tertiary alicyclic amines) is 1. The molecule has 0 radical (unpaired) electrons. The van der Waals surface area contributed by atoms with Gasteiger partial charge in [0.2, 0.25) is 5.91 Å². The normalized spacial score (nSPS) is 17.2. The highest BCUT2D eigenvalue weighted by atomic mass is 19.1.